The van der Waals surface area contributed by atoms with E-state index in [-0.39, 0.29) is 10.9 Å². The second kappa shape index (κ2) is 4.43. The largest absolute Gasteiger partial charge is 0.262 e. The van der Waals surface area contributed by atoms with Crippen LogP contribution in [0.2, 0.25) is 0 Å². The second-order valence-corrected chi connectivity index (χ2v) is 6.86. The Balaban J connectivity index is 2.13. The van der Waals surface area contributed by atoms with Gasteiger partial charge >= 0.3 is 0 Å². The maximum Gasteiger partial charge on any atom is 0.242 e. The predicted octanol–water partition coefficient (Wildman–Crippen LogP) is 1.92. The number of halogens is 1. The zero-order valence-electron chi connectivity index (χ0n) is 8.85. The fraction of sp³-hybridized carbons (Fsp3) is 0.500. The van der Waals surface area contributed by atoms with Crippen molar-refractivity contribution in [2.45, 2.75) is 30.7 Å². The summed E-state index contributed by atoms with van der Waals surface area (Å²) in [5.41, 5.74) is 0. The lowest BCUT2D eigenvalue weighted by Gasteiger charge is -2.32. The fourth-order valence-electron chi connectivity index (χ4n) is 1.83. The van der Waals surface area contributed by atoms with Gasteiger partial charge in [-0.3, -0.25) is 4.98 Å². The summed E-state index contributed by atoms with van der Waals surface area (Å²) in [6, 6.07) is 1.64. The summed E-state index contributed by atoms with van der Waals surface area (Å²) in [7, 11) is -3.41. The molecule has 88 valence electrons. The van der Waals surface area contributed by atoms with Gasteiger partial charge in [0.2, 0.25) is 10.0 Å². The summed E-state index contributed by atoms with van der Waals surface area (Å²) >= 11 is 3.21. The third-order valence-electron chi connectivity index (χ3n) is 2.69. The molecule has 1 fully saturated rings. The van der Waals surface area contributed by atoms with Crippen molar-refractivity contribution >= 4 is 26.0 Å². The molecule has 0 aromatic carbocycles. The molecule has 0 amide bonds. The summed E-state index contributed by atoms with van der Waals surface area (Å²) in [5.74, 6) is 0.619. The average molecular weight is 305 g/mol. The van der Waals surface area contributed by atoms with E-state index in [4.69, 9.17) is 0 Å². The Morgan fingerprint density at radius 3 is 2.69 bits per heavy atom. The van der Waals surface area contributed by atoms with Crippen LogP contribution in [0.5, 0.6) is 0 Å². The standard InChI is InChI=1S/C10H13BrN2O2S/c1-7-2-9(3-7)13-16(14,15)10-4-8(11)5-12-6-10/h4-7,9,13H,2-3H2,1H3. The quantitative estimate of drug-likeness (QED) is 0.928. The van der Waals surface area contributed by atoms with Gasteiger partial charge in [0.15, 0.2) is 0 Å². The third kappa shape index (κ3) is 2.61. The summed E-state index contributed by atoms with van der Waals surface area (Å²) < 4.78 is 27.2. The molecule has 0 atom stereocenters. The highest BCUT2D eigenvalue weighted by Gasteiger charge is 2.29. The van der Waals surface area contributed by atoms with Crippen LogP contribution in [-0.2, 0) is 10.0 Å². The molecule has 1 aliphatic rings. The molecule has 16 heavy (non-hydrogen) atoms. The molecule has 1 aromatic rings. The lowest BCUT2D eigenvalue weighted by molar-refractivity contribution is 0.270. The van der Waals surface area contributed by atoms with Crippen LogP contribution in [0.15, 0.2) is 27.8 Å². The molecule has 0 aliphatic heterocycles. The fourth-order valence-corrected chi connectivity index (χ4v) is 3.59. The number of aromatic nitrogens is 1. The monoisotopic (exact) mass is 304 g/mol. The van der Waals surface area contributed by atoms with Crippen molar-refractivity contribution in [2.75, 3.05) is 0 Å². The molecular formula is C10H13BrN2O2S. The van der Waals surface area contributed by atoms with Crippen LogP contribution in [0, 0.1) is 5.92 Å². The van der Waals surface area contributed by atoms with Crippen LogP contribution in [0.3, 0.4) is 0 Å². The molecule has 4 nitrogen and oxygen atoms in total. The molecular weight excluding hydrogens is 292 g/mol. The van der Waals surface area contributed by atoms with Crippen LogP contribution < -0.4 is 4.72 Å². The van der Waals surface area contributed by atoms with Crippen LogP contribution >= 0.6 is 15.9 Å². The minimum atomic E-state index is -3.41. The Labute approximate surface area is 104 Å². The van der Waals surface area contributed by atoms with Gasteiger partial charge in [0.25, 0.3) is 0 Å². The minimum absolute atomic E-state index is 0.0824. The first kappa shape index (κ1) is 12.0. The summed E-state index contributed by atoms with van der Waals surface area (Å²) in [6.07, 6.45) is 4.75. The zero-order valence-corrected chi connectivity index (χ0v) is 11.3. The molecule has 0 unspecified atom stereocenters. The number of hydrogen-bond acceptors (Lipinski definition) is 3. The van der Waals surface area contributed by atoms with Gasteiger partial charge in [-0.25, -0.2) is 13.1 Å². The smallest absolute Gasteiger partial charge is 0.242 e. The number of sulfonamides is 1. The van der Waals surface area contributed by atoms with E-state index in [0.717, 1.165) is 12.8 Å². The maximum absolute atomic E-state index is 11.9. The van der Waals surface area contributed by atoms with E-state index < -0.39 is 10.0 Å². The van der Waals surface area contributed by atoms with E-state index in [0.29, 0.717) is 10.4 Å². The van der Waals surface area contributed by atoms with Crippen LogP contribution in [0.25, 0.3) is 0 Å². The molecule has 0 saturated heterocycles. The zero-order chi connectivity index (χ0) is 11.8. The Hall–Kier alpha value is -0.460. The van der Waals surface area contributed by atoms with Crippen molar-refractivity contribution in [3.05, 3.63) is 22.9 Å². The average Bonchev–Trinajstić information content (AvgIpc) is 2.15. The van der Waals surface area contributed by atoms with E-state index in [9.17, 15) is 8.42 Å². The van der Waals surface area contributed by atoms with Gasteiger partial charge in [-0.1, -0.05) is 6.92 Å². The molecule has 1 N–H and O–H groups in total. The molecule has 6 heteroatoms. The Morgan fingerprint density at radius 2 is 2.12 bits per heavy atom. The van der Waals surface area contributed by atoms with Crippen LogP contribution in [0.1, 0.15) is 19.8 Å². The Kier molecular flexibility index (Phi) is 3.32. The molecule has 1 heterocycles. The Morgan fingerprint density at radius 1 is 1.44 bits per heavy atom. The normalized spacial score (nSPS) is 25.1. The molecule has 1 aromatic heterocycles. The number of nitrogens with zero attached hydrogens (tertiary/aromatic N) is 1. The second-order valence-electron chi connectivity index (χ2n) is 4.23. The van der Waals surface area contributed by atoms with Gasteiger partial charge in [-0.2, -0.15) is 0 Å². The topological polar surface area (TPSA) is 59.1 Å². The van der Waals surface area contributed by atoms with Gasteiger partial charge < -0.3 is 0 Å². The molecule has 2 rings (SSSR count). The number of rotatable bonds is 3. The molecule has 0 radical (unpaired) electrons. The van der Waals surface area contributed by atoms with Gasteiger partial charge in [-0.15, -0.1) is 0 Å². The minimum Gasteiger partial charge on any atom is -0.262 e. The van der Waals surface area contributed by atoms with Crippen molar-refractivity contribution in [3.8, 4) is 0 Å². The first-order valence-electron chi connectivity index (χ1n) is 5.10. The predicted molar refractivity (Wildman–Crippen MR) is 64.4 cm³/mol. The van der Waals surface area contributed by atoms with E-state index in [2.05, 4.69) is 32.6 Å². The third-order valence-corrected chi connectivity index (χ3v) is 4.61. The lowest BCUT2D eigenvalue weighted by Crippen LogP contribution is -2.43. The number of nitrogens with one attached hydrogen (secondary N) is 1. The lowest BCUT2D eigenvalue weighted by atomic mass is 9.83. The summed E-state index contributed by atoms with van der Waals surface area (Å²) in [4.78, 5) is 4.06. The number of pyridine rings is 1. The first-order valence-corrected chi connectivity index (χ1v) is 7.38. The van der Waals surface area contributed by atoms with E-state index >= 15 is 0 Å². The van der Waals surface area contributed by atoms with Crippen LogP contribution in [-0.4, -0.2) is 19.4 Å². The summed E-state index contributed by atoms with van der Waals surface area (Å²) in [6.45, 7) is 2.12. The molecule has 1 saturated carbocycles. The van der Waals surface area contributed by atoms with Gasteiger partial charge in [0.05, 0.1) is 0 Å². The van der Waals surface area contributed by atoms with Crippen molar-refractivity contribution in [1.82, 2.24) is 9.71 Å². The first-order chi connectivity index (χ1) is 7.47. The van der Waals surface area contributed by atoms with Crippen molar-refractivity contribution < 1.29 is 8.42 Å². The van der Waals surface area contributed by atoms with Crippen molar-refractivity contribution in [1.29, 1.82) is 0 Å². The molecule has 1 aliphatic carbocycles. The van der Waals surface area contributed by atoms with Gasteiger partial charge in [0, 0.05) is 22.9 Å². The summed E-state index contributed by atoms with van der Waals surface area (Å²) in [5, 5.41) is 0. The SMILES string of the molecule is CC1CC(NS(=O)(=O)c2cncc(Br)c2)C1. The van der Waals surface area contributed by atoms with Crippen molar-refractivity contribution in [3.63, 3.8) is 0 Å². The van der Waals surface area contributed by atoms with E-state index in [1.807, 2.05) is 0 Å². The molecule has 0 bridgehead atoms. The van der Waals surface area contributed by atoms with E-state index in [1.54, 1.807) is 12.3 Å². The van der Waals surface area contributed by atoms with Gasteiger partial charge in [-0.05, 0) is 40.8 Å². The number of hydrogen-bond donors (Lipinski definition) is 1. The highest BCUT2D eigenvalue weighted by atomic mass is 79.9. The maximum atomic E-state index is 11.9. The van der Waals surface area contributed by atoms with E-state index in [1.165, 1.54) is 6.20 Å². The van der Waals surface area contributed by atoms with Gasteiger partial charge in [0.1, 0.15) is 4.90 Å². The van der Waals surface area contributed by atoms with Crippen molar-refractivity contribution in [2.24, 2.45) is 5.92 Å². The highest BCUT2D eigenvalue weighted by Crippen LogP contribution is 2.27. The highest BCUT2D eigenvalue weighted by molar-refractivity contribution is 9.10. The molecule has 0 spiro atoms. The Bertz CT molecular complexity index is 483. The van der Waals surface area contributed by atoms with Crippen LogP contribution in [0.4, 0.5) is 0 Å².